The fourth-order valence-corrected chi connectivity index (χ4v) is 1.69. The summed E-state index contributed by atoms with van der Waals surface area (Å²) in [5.74, 6) is 0.0819. The summed E-state index contributed by atoms with van der Waals surface area (Å²) in [6.45, 7) is -0.0343. The molecule has 9 nitrogen and oxygen atoms in total. The van der Waals surface area contributed by atoms with Gasteiger partial charge in [0.15, 0.2) is 5.82 Å². The van der Waals surface area contributed by atoms with Crippen LogP contribution in [0.25, 0.3) is 0 Å². The van der Waals surface area contributed by atoms with Crippen LogP contribution < -0.4 is 11.1 Å². The van der Waals surface area contributed by atoms with Gasteiger partial charge in [0, 0.05) is 5.92 Å². The number of nitrogen functional groups attached to an aromatic ring is 1. The molecule has 0 aliphatic heterocycles. The van der Waals surface area contributed by atoms with E-state index < -0.39 is 0 Å². The smallest absolute Gasteiger partial charge is 0.268 e. The number of aromatic nitrogens is 5. The minimum absolute atomic E-state index is 0.0343. The molecule has 1 saturated carbocycles. The first kappa shape index (κ1) is 12.3. The van der Waals surface area contributed by atoms with Crippen molar-refractivity contribution in [1.82, 2.24) is 24.8 Å². The van der Waals surface area contributed by atoms with Gasteiger partial charge in [-0.2, -0.15) is 5.10 Å². The zero-order valence-electron chi connectivity index (χ0n) is 10.6. The summed E-state index contributed by atoms with van der Waals surface area (Å²) in [5, 5.41) is 14.0. The van der Waals surface area contributed by atoms with Crippen LogP contribution in [0.3, 0.4) is 0 Å². The third kappa shape index (κ3) is 2.66. The second-order valence-corrected chi connectivity index (χ2v) is 4.68. The van der Waals surface area contributed by atoms with Crippen molar-refractivity contribution in [2.45, 2.75) is 19.4 Å². The lowest BCUT2D eigenvalue weighted by atomic mass is 10.4. The fraction of sp³-hybridized carbons (Fsp3) is 0.364. The van der Waals surface area contributed by atoms with Crippen molar-refractivity contribution in [2.24, 2.45) is 5.92 Å². The molecule has 1 fully saturated rings. The highest BCUT2D eigenvalue weighted by Crippen LogP contribution is 2.29. The van der Waals surface area contributed by atoms with Gasteiger partial charge >= 0.3 is 0 Å². The standard InChI is InChI=1S/C11H13N7O2/c12-8-3-13-18(4-8)10(19)6-17-5-9(15-16-17)14-11(20)7-1-2-7/h3-5,7H,1-2,6,12H2,(H,14,20). The average molecular weight is 275 g/mol. The molecule has 2 aromatic heterocycles. The molecule has 0 bridgehead atoms. The van der Waals surface area contributed by atoms with Crippen molar-refractivity contribution in [1.29, 1.82) is 0 Å². The average Bonchev–Trinajstić information content (AvgIpc) is 3.04. The lowest BCUT2D eigenvalue weighted by molar-refractivity contribution is -0.117. The molecule has 1 amide bonds. The van der Waals surface area contributed by atoms with Gasteiger partial charge in [0.25, 0.3) is 5.91 Å². The van der Waals surface area contributed by atoms with E-state index in [9.17, 15) is 9.59 Å². The highest BCUT2D eigenvalue weighted by molar-refractivity contribution is 5.93. The van der Waals surface area contributed by atoms with Crippen molar-refractivity contribution < 1.29 is 9.59 Å². The van der Waals surface area contributed by atoms with Crippen LogP contribution in [-0.2, 0) is 11.3 Å². The number of rotatable bonds is 4. The first-order valence-electron chi connectivity index (χ1n) is 6.16. The van der Waals surface area contributed by atoms with Crippen LogP contribution in [0.5, 0.6) is 0 Å². The van der Waals surface area contributed by atoms with Crippen LogP contribution in [0.15, 0.2) is 18.6 Å². The summed E-state index contributed by atoms with van der Waals surface area (Å²) in [6, 6.07) is 0. The summed E-state index contributed by atoms with van der Waals surface area (Å²) >= 11 is 0. The number of carbonyl (C=O) groups excluding carboxylic acids is 2. The minimum Gasteiger partial charge on any atom is -0.396 e. The molecule has 20 heavy (non-hydrogen) atoms. The van der Waals surface area contributed by atoms with E-state index in [2.05, 4.69) is 20.7 Å². The van der Waals surface area contributed by atoms with E-state index in [-0.39, 0.29) is 24.3 Å². The molecule has 0 radical (unpaired) electrons. The molecular weight excluding hydrogens is 262 g/mol. The molecule has 0 atom stereocenters. The van der Waals surface area contributed by atoms with Gasteiger partial charge in [-0.3, -0.25) is 9.59 Å². The number of nitrogens with zero attached hydrogens (tertiary/aromatic N) is 5. The second kappa shape index (κ2) is 4.76. The van der Waals surface area contributed by atoms with Crippen LogP contribution >= 0.6 is 0 Å². The van der Waals surface area contributed by atoms with Gasteiger partial charge in [-0.25, -0.2) is 9.36 Å². The summed E-state index contributed by atoms with van der Waals surface area (Å²) < 4.78 is 2.47. The highest BCUT2D eigenvalue weighted by atomic mass is 16.2. The van der Waals surface area contributed by atoms with Gasteiger partial charge in [-0.15, -0.1) is 5.10 Å². The Kier molecular flexibility index (Phi) is 2.93. The Labute approximate surface area is 113 Å². The number of nitrogens with two attached hydrogens (primary N) is 1. The van der Waals surface area contributed by atoms with Gasteiger partial charge in [-0.1, -0.05) is 5.21 Å². The SMILES string of the molecule is Nc1cnn(C(=O)Cn2cc(NC(=O)C3CC3)nn2)c1. The Morgan fingerprint density at radius 1 is 1.40 bits per heavy atom. The summed E-state index contributed by atoms with van der Waals surface area (Å²) in [6.07, 6.45) is 6.15. The molecule has 0 unspecified atom stereocenters. The molecule has 0 saturated heterocycles. The van der Waals surface area contributed by atoms with E-state index in [1.54, 1.807) is 0 Å². The van der Waals surface area contributed by atoms with E-state index in [0.29, 0.717) is 11.5 Å². The number of nitrogens with one attached hydrogen (secondary N) is 1. The Bertz CT molecular complexity index is 655. The molecule has 3 N–H and O–H groups in total. The number of anilines is 2. The predicted octanol–water partition coefficient (Wildman–Crippen LogP) is -0.254. The quantitative estimate of drug-likeness (QED) is 0.793. The van der Waals surface area contributed by atoms with Crippen LogP contribution in [0, 0.1) is 5.92 Å². The van der Waals surface area contributed by atoms with E-state index in [1.165, 1.54) is 23.3 Å². The zero-order valence-corrected chi connectivity index (χ0v) is 10.6. The summed E-state index contributed by atoms with van der Waals surface area (Å²) in [4.78, 5) is 23.4. The topological polar surface area (TPSA) is 121 Å². The van der Waals surface area contributed by atoms with Gasteiger partial charge in [-0.05, 0) is 12.8 Å². The number of carbonyl (C=O) groups is 2. The van der Waals surface area contributed by atoms with Crippen molar-refractivity contribution in [2.75, 3.05) is 11.1 Å². The highest BCUT2D eigenvalue weighted by Gasteiger charge is 2.30. The number of hydrogen-bond acceptors (Lipinski definition) is 6. The summed E-state index contributed by atoms with van der Waals surface area (Å²) in [5.41, 5.74) is 5.90. The lowest BCUT2D eigenvalue weighted by Crippen LogP contribution is -2.18. The molecule has 1 aliphatic carbocycles. The van der Waals surface area contributed by atoms with Gasteiger partial charge < -0.3 is 11.1 Å². The van der Waals surface area contributed by atoms with Crippen molar-refractivity contribution in [3.63, 3.8) is 0 Å². The molecule has 9 heteroatoms. The first-order chi connectivity index (χ1) is 9.61. The maximum absolute atomic E-state index is 11.8. The first-order valence-corrected chi connectivity index (χ1v) is 6.16. The largest absolute Gasteiger partial charge is 0.396 e. The van der Waals surface area contributed by atoms with Gasteiger partial charge in [0.1, 0.15) is 6.54 Å². The van der Waals surface area contributed by atoms with Gasteiger partial charge in [0.2, 0.25) is 5.91 Å². The molecule has 3 rings (SSSR count). The molecular formula is C11H13N7O2. The third-order valence-electron chi connectivity index (χ3n) is 2.89. The number of amides is 1. The van der Waals surface area contributed by atoms with Crippen LogP contribution in [0.1, 0.15) is 17.6 Å². The van der Waals surface area contributed by atoms with Crippen molar-refractivity contribution in [3.05, 3.63) is 18.6 Å². The Morgan fingerprint density at radius 3 is 2.85 bits per heavy atom. The second-order valence-electron chi connectivity index (χ2n) is 4.68. The van der Waals surface area contributed by atoms with E-state index >= 15 is 0 Å². The molecule has 2 aromatic rings. The van der Waals surface area contributed by atoms with E-state index in [4.69, 9.17) is 5.73 Å². The maximum atomic E-state index is 11.8. The Morgan fingerprint density at radius 2 is 2.20 bits per heavy atom. The number of hydrogen-bond donors (Lipinski definition) is 2. The summed E-state index contributed by atoms with van der Waals surface area (Å²) in [7, 11) is 0. The molecule has 1 aliphatic rings. The molecule has 104 valence electrons. The van der Waals surface area contributed by atoms with Crippen molar-refractivity contribution >= 4 is 23.3 Å². The molecule has 0 aromatic carbocycles. The fourth-order valence-electron chi connectivity index (χ4n) is 1.69. The van der Waals surface area contributed by atoms with E-state index in [1.807, 2.05) is 0 Å². The normalized spacial score (nSPS) is 14.2. The van der Waals surface area contributed by atoms with Gasteiger partial charge in [0.05, 0.1) is 24.3 Å². The minimum atomic E-state index is -0.299. The maximum Gasteiger partial charge on any atom is 0.268 e. The van der Waals surface area contributed by atoms with Crippen LogP contribution in [-0.4, -0.2) is 36.6 Å². The van der Waals surface area contributed by atoms with Crippen LogP contribution in [0.2, 0.25) is 0 Å². The van der Waals surface area contributed by atoms with E-state index in [0.717, 1.165) is 17.5 Å². The lowest BCUT2D eigenvalue weighted by Gasteiger charge is -1.99. The monoisotopic (exact) mass is 275 g/mol. The van der Waals surface area contributed by atoms with Crippen molar-refractivity contribution in [3.8, 4) is 0 Å². The third-order valence-corrected chi connectivity index (χ3v) is 2.89. The van der Waals surface area contributed by atoms with Crippen LogP contribution in [0.4, 0.5) is 11.5 Å². The molecule has 0 spiro atoms. The predicted molar refractivity (Wildman–Crippen MR) is 68.6 cm³/mol. The molecule has 2 heterocycles. The Balaban J connectivity index is 1.61. The Hall–Kier alpha value is -2.71. The zero-order chi connectivity index (χ0) is 14.1.